The number of benzene rings is 2. The van der Waals surface area contributed by atoms with Gasteiger partial charge in [0.2, 0.25) is 11.8 Å². The van der Waals surface area contributed by atoms with Gasteiger partial charge in [0.25, 0.3) is 0 Å². The molecule has 2 aromatic rings. The number of aryl methyl sites for hydroxylation is 1. The Morgan fingerprint density at radius 2 is 1.89 bits per heavy atom. The molecule has 8 nitrogen and oxygen atoms in total. The fourth-order valence-corrected chi connectivity index (χ4v) is 5.03. The topological polar surface area (TPSA) is 99.0 Å². The fourth-order valence-electron chi connectivity index (χ4n) is 5.03. The first-order chi connectivity index (χ1) is 18.0. The lowest BCUT2D eigenvalue weighted by atomic mass is 10.0. The van der Waals surface area contributed by atoms with Crippen molar-refractivity contribution in [2.45, 2.75) is 51.2 Å². The van der Waals surface area contributed by atoms with Gasteiger partial charge in [-0.3, -0.25) is 9.59 Å². The number of nitrogens with zero attached hydrogens (tertiary/aromatic N) is 3. The highest BCUT2D eigenvalue weighted by Crippen LogP contribution is 2.31. The van der Waals surface area contributed by atoms with Crippen molar-refractivity contribution in [1.82, 2.24) is 20.0 Å². The number of halogens is 4. The summed E-state index contributed by atoms with van der Waals surface area (Å²) in [5, 5.41) is 2.65. The summed E-state index contributed by atoms with van der Waals surface area (Å²) < 4.78 is 54.0. The molecule has 0 spiro atoms. The average molecular weight is 536 g/mol. The largest absolute Gasteiger partial charge is 0.416 e. The van der Waals surface area contributed by atoms with Crippen LogP contribution in [0.25, 0.3) is 0 Å². The van der Waals surface area contributed by atoms with Crippen LogP contribution in [0.5, 0.6) is 0 Å². The molecule has 2 aliphatic heterocycles. The van der Waals surface area contributed by atoms with Crippen LogP contribution in [0.4, 0.5) is 22.4 Å². The predicted octanol–water partition coefficient (Wildman–Crippen LogP) is 2.98. The lowest BCUT2D eigenvalue weighted by Crippen LogP contribution is -2.72. The zero-order valence-electron chi connectivity index (χ0n) is 20.8. The minimum absolute atomic E-state index is 0.0196. The molecule has 0 aromatic heterocycles. The van der Waals surface area contributed by atoms with Crippen LogP contribution in [-0.4, -0.2) is 64.4 Å². The first kappa shape index (κ1) is 27.4. The number of fused-ring (bicyclic) bond motifs is 1. The molecule has 3 N–H and O–H groups in total. The number of hydrogen-bond acceptors (Lipinski definition) is 4. The summed E-state index contributed by atoms with van der Waals surface area (Å²) in [6, 6.07) is 8.08. The summed E-state index contributed by atoms with van der Waals surface area (Å²) in [7, 11) is 0. The zero-order chi connectivity index (χ0) is 27.6. The number of carbonyl (C=O) groups is 3. The van der Waals surface area contributed by atoms with Crippen LogP contribution in [-0.2, 0) is 28.9 Å². The molecule has 0 radical (unpaired) electrons. The summed E-state index contributed by atoms with van der Waals surface area (Å²) in [4.78, 5) is 43.6. The van der Waals surface area contributed by atoms with Crippen molar-refractivity contribution < 1.29 is 31.9 Å². The standard InChI is InChI=1S/C26H29F4N5O3/c1-16-10-17(12-19(11-16)26(28,29)30)13-32-25(38)34-9-7-23(36)35-21(6-8-31)24(37)33(15-22(34)35)14-18-4-2-3-5-20(18)27/h2-5,10-12,21-22H,6-9,13-15,31H2,1H3,(H,32,38)/t21-,22+/m0/s1. The molecule has 0 saturated carbocycles. The van der Waals surface area contributed by atoms with Crippen LogP contribution in [0, 0.1) is 12.7 Å². The van der Waals surface area contributed by atoms with Crippen molar-refractivity contribution in [3.05, 3.63) is 70.5 Å². The number of alkyl halides is 3. The third-order valence-corrected chi connectivity index (χ3v) is 6.78. The molecular formula is C26H29F4N5O3. The van der Waals surface area contributed by atoms with Gasteiger partial charge in [0.15, 0.2) is 0 Å². The van der Waals surface area contributed by atoms with Crippen molar-refractivity contribution >= 4 is 17.8 Å². The van der Waals surface area contributed by atoms with Crippen LogP contribution in [0.2, 0.25) is 0 Å². The highest BCUT2D eigenvalue weighted by molar-refractivity contribution is 5.91. The van der Waals surface area contributed by atoms with Crippen LogP contribution in [0.1, 0.15) is 35.1 Å². The van der Waals surface area contributed by atoms with E-state index in [1.165, 1.54) is 33.8 Å². The molecule has 2 atom stereocenters. The molecule has 0 aliphatic carbocycles. The van der Waals surface area contributed by atoms with Gasteiger partial charge < -0.3 is 25.8 Å². The van der Waals surface area contributed by atoms with E-state index < -0.39 is 35.8 Å². The highest BCUT2D eigenvalue weighted by atomic mass is 19.4. The second-order valence-electron chi connectivity index (χ2n) is 9.49. The Morgan fingerprint density at radius 1 is 1.16 bits per heavy atom. The van der Waals surface area contributed by atoms with E-state index in [-0.39, 0.29) is 62.9 Å². The number of carbonyl (C=O) groups excluding carboxylic acids is 3. The molecule has 2 saturated heterocycles. The summed E-state index contributed by atoms with van der Waals surface area (Å²) >= 11 is 0. The van der Waals surface area contributed by atoms with E-state index in [0.29, 0.717) is 11.1 Å². The van der Waals surface area contributed by atoms with Crippen molar-refractivity contribution in [2.75, 3.05) is 19.6 Å². The normalized spacial score (nSPS) is 20.0. The first-order valence-electron chi connectivity index (χ1n) is 12.2. The number of nitrogens with one attached hydrogen (secondary N) is 1. The molecule has 0 unspecified atom stereocenters. The number of urea groups is 1. The quantitative estimate of drug-likeness (QED) is 0.556. The van der Waals surface area contributed by atoms with Gasteiger partial charge in [-0.25, -0.2) is 9.18 Å². The number of amides is 4. The summed E-state index contributed by atoms with van der Waals surface area (Å²) in [6.07, 6.45) is -5.21. The number of nitrogens with two attached hydrogens (primary N) is 1. The van der Waals surface area contributed by atoms with E-state index in [4.69, 9.17) is 5.73 Å². The third kappa shape index (κ3) is 5.74. The molecule has 4 rings (SSSR count). The summed E-state index contributed by atoms with van der Waals surface area (Å²) in [6.45, 7) is 1.45. The van der Waals surface area contributed by atoms with Gasteiger partial charge in [-0.15, -0.1) is 0 Å². The molecular weight excluding hydrogens is 506 g/mol. The Kier molecular flexibility index (Phi) is 7.91. The molecule has 2 aromatic carbocycles. The van der Waals surface area contributed by atoms with Crippen LogP contribution < -0.4 is 11.1 Å². The lowest BCUT2D eigenvalue weighted by molar-refractivity contribution is -0.167. The van der Waals surface area contributed by atoms with Gasteiger partial charge in [-0.1, -0.05) is 29.8 Å². The Balaban J connectivity index is 1.56. The summed E-state index contributed by atoms with van der Waals surface area (Å²) in [5.74, 6) is -1.17. The van der Waals surface area contributed by atoms with Gasteiger partial charge in [-0.2, -0.15) is 13.2 Å². The van der Waals surface area contributed by atoms with E-state index in [0.717, 1.165) is 12.1 Å². The smallest absolute Gasteiger partial charge is 0.334 e. The molecule has 2 aliphatic rings. The third-order valence-electron chi connectivity index (χ3n) is 6.78. The monoisotopic (exact) mass is 535 g/mol. The fraction of sp³-hybridized carbons (Fsp3) is 0.423. The van der Waals surface area contributed by atoms with Gasteiger partial charge >= 0.3 is 12.2 Å². The SMILES string of the molecule is Cc1cc(CNC(=O)N2CCC(=O)N3[C@@H]2CN(Cc2ccccc2F)C(=O)[C@@H]3CCN)cc(C(F)(F)F)c1. The molecule has 12 heteroatoms. The number of rotatable bonds is 6. The second-order valence-corrected chi connectivity index (χ2v) is 9.49. The highest BCUT2D eigenvalue weighted by Gasteiger charge is 2.48. The minimum Gasteiger partial charge on any atom is -0.334 e. The molecule has 2 fully saturated rings. The van der Waals surface area contributed by atoms with E-state index >= 15 is 0 Å². The predicted molar refractivity (Wildman–Crippen MR) is 130 cm³/mol. The Hall–Kier alpha value is -3.67. The van der Waals surface area contributed by atoms with Crippen LogP contribution >= 0.6 is 0 Å². The second kappa shape index (κ2) is 11.0. The van der Waals surface area contributed by atoms with Gasteiger partial charge in [0, 0.05) is 31.6 Å². The molecule has 4 amide bonds. The van der Waals surface area contributed by atoms with Gasteiger partial charge in [0.1, 0.15) is 18.0 Å². The maximum Gasteiger partial charge on any atom is 0.416 e. The van der Waals surface area contributed by atoms with Crippen molar-refractivity contribution in [3.8, 4) is 0 Å². The molecule has 204 valence electrons. The minimum atomic E-state index is -4.52. The van der Waals surface area contributed by atoms with Gasteiger partial charge in [-0.05, 0) is 43.7 Å². The van der Waals surface area contributed by atoms with Crippen LogP contribution in [0.3, 0.4) is 0 Å². The van der Waals surface area contributed by atoms with E-state index in [2.05, 4.69) is 5.32 Å². The maximum absolute atomic E-state index is 14.3. The van der Waals surface area contributed by atoms with E-state index in [1.807, 2.05) is 0 Å². The van der Waals surface area contributed by atoms with E-state index in [9.17, 15) is 31.9 Å². The molecule has 0 bridgehead atoms. The van der Waals surface area contributed by atoms with E-state index in [1.54, 1.807) is 18.2 Å². The number of piperazine rings is 1. The lowest BCUT2D eigenvalue weighted by Gasteiger charge is -2.52. The van der Waals surface area contributed by atoms with Crippen LogP contribution in [0.15, 0.2) is 42.5 Å². The summed E-state index contributed by atoms with van der Waals surface area (Å²) in [5.41, 5.74) is 5.89. The Bertz CT molecular complexity index is 1220. The molecule has 2 heterocycles. The molecule has 38 heavy (non-hydrogen) atoms. The number of hydrogen-bond donors (Lipinski definition) is 2. The maximum atomic E-state index is 14.3. The average Bonchev–Trinajstić information content (AvgIpc) is 2.85. The Morgan fingerprint density at radius 3 is 2.58 bits per heavy atom. The van der Waals surface area contributed by atoms with Gasteiger partial charge in [0.05, 0.1) is 12.1 Å². The zero-order valence-corrected chi connectivity index (χ0v) is 20.8. The van der Waals surface area contributed by atoms with Crippen molar-refractivity contribution in [3.63, 3.8) is 0 Å². The van der Waals surface area contributed by atoms with Crippen molar-refractivity contribution in [2.24, 2.45) is 5.73 Å². The first-order valence-corrected chi connectivity index (χ1v) is 12.2. The van der Waals surface area contributed by atoms with Crippen molar-refractivity contribution in [1.29, 1.82) is 0 Å². The Labute approximate surface area is 217 Å².